The lowest BCUT2D eigenvalue weighted by molar-refractivity contribution is 0.186. The van der Waals surface area contributed by atoms with Crippen LogP contribution in [0.2, 0.25) is 0 Å². The molecule has 0 fully saturated rings. The Hall–Kier alpha value is -0.130. The molecule has 5 heteroatoms. The predicted molar refractivity (Wildman–Crippen MR) is 48.4 cm³/mol. The van der Waals surface area contributed by atoms with E-state index in [2.05, 4.69) is 4.72 Å². The van der Waals surface area contributed by atoms with E-state index in [1.54, 1.807) is 20.8 Å². The van der Waals surface area contributed by atoms with Gasteiger partial charge in [-0.15, -0.1) is 0 Å². The molecule has 0 amide bonds. The SMILES string of the molecule is CC(O)CCNS(=O)(=O)C(C)C. The van der Waals surface area contributed by atoms with E-state index >= 15 is 0 Å². The highest BCUT2D eigenvalue weighted by Gasteiger charge is 2.14. The van der Waals surface area contributed by atoms with Crippen molar-refractivity contribution in [1.29, 1.82) is 0 Å². The Balaban J connectivity index is 3.79. The van der Waals surface area contributed by atoms with Crippen molar-refractivity contribution in [3.8, 4) is 0 Å². The first-order valence-corrected chi connectivity index (χ1v) is 5.57. The lowest BCUT2D eigenvalue weighted by atomic mass is 10.3. The fraction of sp³-hybridized carbons (Fsp3) is 1.00. The van der Waals surface area contributed by atoms with Gasteiger partial charge in [0.1, 0.15) is 0 Å². The van der Waals surface area contributed by atoms with Crippen LogP contribution in [0.5, 0.6) is 0 Å². The zero-order valence-electron chi connectivity index (χ0n) is 7.74. The molecule has 1 atom stereocenters. The van der Waals surface area contributed by atoms with Crippen molar-refractivity contribution in [2.45, 2.75) is 38.5 Å². The van der Waals surface area contributed by atoms with Crippen molar-refractivity contribution in [3.05, 3.63) is 0 Å². The van der Waals surface area contributed by atoms with E-state index in [0.29, 0.717) is 13.0 Å². The fourth-order valence-electron chi connectivity index (χ4n) is 0.577. The van der Waals surface area contributed by atoms with Gasteiger partial charge in [-0.25, -0.2) is 13.1 Å². The maximum absolute atomic E-state index is 11.1. The molecule has 0 heterocycles. The van der Waals surface area contributed by atoms with Crippen molar-refractivity contribution >= 4 is 10.0 Å². The zero-order chi connectivity index (χ0) is 9.78. The summed E-state index contributed by atoms with van der Waals surface area (Å²) < 4.78 is 24.6. The number of nitrogens with one attached hydrogen (secondary N) is 1. The Kier molecular flexibility index (Phi) is 4.74. The molecule has 0 radical (unpaired) electrons. The Morgan fingerprint density at radius 1 is 1.33 bits per heavy atom. The Morgan fingerprint density at radius 2 is 1.83 bits per heavy atom. The highest BCUT2D eigenvalue weighted by Crippen LogP contribution is 1.96. The molecular weight excluding hydrogens is 178 g/mol. The topological polar surface area (TPSA) is 66.4 Å². The minimum Gasteiger partial charge on any atom is -0.393 e. The quantitative estimate of drug-likeness (QED) is 0.653. The smallest absolute Gasteiger partial charge is 0.213 e. The predicted octanol–water partition coefficient (Wildman–Crippen LogP) is 0.0851. The van der Waals surface area contributed by atoms with Gasteiger partial charge in [-0.1, -0.05) is 0 Å². The van der Waals surface area contributed by atoms with Crippen molar-refractivity contribution in [2.24, 2.45) is 0 Å². The van der Waals surface area contributed by atoms with E-state index in [1.165, 1.54) is 0 Å². The van der Waals surface area contributed by atoms with Crippen LogP contribution in [-0.2, 0) is 10.0 Å². The minimum atomic E-state index is -3.15. The average Bonchev–Trinajstić information content (AvgIpc) is 1.85. The maximum Gasteiger partial charge on any atom is 0.213 e. The summed E-state index contributed by atoms with van der Waals surface area (Å²) >= 11 is 0. The molecule has 74 valence electrons. The molecule has 0 saturated heterocycles. The largest absolute Gasteiger partial charge is 0.393 e. The van der Waals surface area contributed by atoms with Crippen LogP contribution in [0.1, 0.15) is 27.2 Å². The Bertz CT molecular complexity index is 209. The van der Waals surface area contributed by atoms with Crippen LogP contribution < -0.4 is 4.72 Å². The van der Waals surface area contributed by atoms with E-state index < -0.39 is 21.4 Å². The van der Waals surface area contributed by atoms with Gasteiger partial charge < -0.3 is 5.11 Å². The number of aliphatic hydroxyl groups excluding tert-OH is 1. The molecule has 0 bridgehead atoms. The standard InChI is InChI=1S/C7H17NO3S/c1-6(2)12(10,11)8-5-4-7(3)9/h6-9H,4-5H2,1-3H3. The zero-order valence-corrected chi connectivity index (χ0v) is 8.56. The molecular formula is C7H17NO3S. The molecule has 0 spiro atoms. The molecule has 2 N–H and O–H groups in total. The summed E-state index contributed by atoms with van der Waals surface area (Å²) in [7, 11) is -3.15. The molecule has 0 aliphatic heterocycles. The summed E-state index contributed by atoms with van der Waals surface area (Å²) in [6.07, 6.45) is -0.00811. The maximum atomic E-state index is 11.1. The van der Waals surface area contributed by atoms with Gasteiger partial charge in [-0.3, -0.25) is 0 Å². The second kappa shape index (κ2) is 4.79. The normalized spacial score (nSPS) is 15.1. The van der Waals surface area contributed by atoms with Gasteiger partial charge in [0.05, 0.1) is 11.4 Å². The molecule has 4 nitrogen and oxygen atoms in total. The first-order chi connectivity index (χ1) is 5.36. The molecule has 0 aliphatic carbocycles. The second-order valence-electron chi connectivity index (χ2n) is 3.13. The van der Waals surface area contributed by atoms with Crippen LogP contribution in [-0.4, -0.2) is 31.4 Å². The minimum absolute atomic E-state index is 0.304. The number of hydrogen-bond donors (Lipinski definition) is 2. The number of hydrogen-bond acceptors (Lipinski definition) is 3. The highest BCUT2D eigenvalue weighted by molar-refractivity contribution is 7.90. The molecule has 0 aromatic rings. The van der Waals surface area contributed by atoms with Crippen LogP contribution in [0.4, 0.5) is 0 Å². The lowest BCUT2D eigenvalue weighted by Crippen LogP contribution is -2.32. The average molecular weight is 195 g/mol. The van der Waals surface area contributed by atoms with Gasteiger partial charge in [0, 0.05) is 6.54 Å². The van der Waals surface area contributed by atoms with Crippen LogP contribution in [0.15, 0.2) is 0 Å². The van der Waals surface area contributed by atoms with E-state index in [4.69, 9.17) is 5.11 Å². The van der Waals surface area contributed by atoms with Crippen molar-refractivity contribution in [2.75, 3.05) is 6.54 Å². The lowest BCUT2D eigenvalue weighted by Gasteiger charge is -2.09. The molecule has 0 aliphatic rings. The number of sulfonamides is 1. The van der Waals surface area contributed by atoms with Crippen molar-refractivity contribution in [1.82, 2.24) is 4.72 Å². The summed E-state index contributed by atoms with van der Waals surface area (Å²) in [4.78, 5) is 0. The van der Waals surface area contributed by atoms with Gasteiger partial charge >= 0.3 is 0 Å². The Labute approximate surface area is 74.0 Å². The molecule has 0 saturated carbocycles. The highest BCUT2D eigenvalue weighted by atomic mass is 32.2. The monoisotopic (exact) mass is 195 g/mol. The van der Waals surface area contributed by atoms with Gasteiger partial charge in [-0.05, 0) is 27.2 Å². The second-order valence-corrected chi connectivity index (χ2v) is 5.45. The number of aliphatic hydroxyl groups is 1. The summed E-state index contributed by atoms with van der Waals surface area (Å²) in [5.74, 6) is 0. The first kappa shape index (κ1) is 11.9. The van der Waals surface area contributed by atoms with E-state index in [0.717, 1.165) is 0 Å². The van der Waals surface area contributed by atoms with Gasteiger partial charge in [-0.2, -0.15) is 0 Å². The Morgan fingerprint density at radius 3 is 2.17 bits per heavy atom. The van der Waals surface area contributed by atoms with Gasteiger partial charge in [0.15, 0.2) is 0 Å². The van der Waals surface area contributed by atoms with Crippen LogP contribution in [0.25, 0.3) is 0 Å². The summed E-state index contributed by atoms with van der Waals surface area (Å²) in [5, 5.41) is 8.44. The van der Waals surface area contributed by atoms with Crippen molar-refractivity contribution in [3.63, 3.8) is 0 Å². The first-order valence-electron chi connectivity index (χ1n) is 4.03. The molecule has 0 aromatic heterocycles. The molecule has 0 rings (SSSR count). The summed E-state index contributed by atoms with van der Waals surface area (Å²) in [6.45, 7) is 5.16. The molecule has 1 unspecified atom stereocenters. The van der Waals surface area contributed by atoms with Crippen molar-refractivity contribution < 1.29 is 13.5 Å². The van der Waals surface area contributed by atoms with E-state index in [-0.39, 0.29) is 0 Å². The van der Waals surface area contributed by atoms with Crippen LogP contribution in [0.3, 0.4) is 0 Å². The third-order valence-electron chi connectivity index (χ3n) is 1.49. The van der Waals surface area contributed by atoms with Gasteiger partial charge in [0.2, 0.25) is 10.0 Å². The van der Waals surface area contributed by atoms with E-state index in [9.17, 15) is 8.42 Å². The summed E-state index contributed by atoms with van der Waals surface area (Å²) in [5.41, 5.74) is 0. The third-order valence-corrected chi connectivity index (χ3v) is 3.33. The van der Waals surface area contributed by atoms with Crippen LogP contribution in [0, 0.1) is 0 Å². The molecule has 12 heavy (non-hydrogen) atoms. The fourth-order valence-corrected chi connectivity index (χ4v) is 1.31. The number of rotatable bonds is 5. The third kappa shape index (κ3) is 4.69. The van der Waals surface area contributed by atoms with Gasteiger partial charge in [0.25, 0.3) is 0 Å². The van der Waals surface area contributed by atoms with Crippen LogP contribution >= 0.6 is 0 Å². The molecule has 0 aromatic carbocycles. The summed E-state index contributed by atoms with van der Waals surface area (Å²) in [6, 6.07) is 0. The van der Waals surface area contributed by atoms with E-state index in [1.807, 2.05) is 0 Å².